The molecule has 0 spiro atoms. The molecule has 0 saturated carbocycles. The van der Waals surface area contributed by atoms with E-state index in [4.69, 9.17) is 0 Å². The summed E-state index contributed by atoms with van der Waals surface area (Å²) in [5.41, 5.74) is -0.839. The number of ketones is 1. The van der Waals surface area contributed by atoms with Gasteiger partial charge in [-0.15, -0.1) is 0 Å². The molecule has 0 aliphatic rings. The van der Waals surface area contributed by atoms with Crippen LogP contribution in [0, 0.1) is 17.0 Å². The maximum atomic E-state index is 13.0. The first-order valence-corrected chi connectivity index (χ1v) is 5.84. The zero-order valence-corrected chi connectivity index (χ0v) is 11.1. The summed E-state index contributed by atoms with van der Waals surface area (Å²) in [6.07, 6.45) is 0.266. The van der Waals surface area contributed by atoms with Crippen LogP contribution in [-0.4, -0.2) is 18.9 Å². The molecule has 0 unspecified atom stereocenters. The fourth-order valence-electron chi connectivity index (χ4n) is 1.66. The summed E-state index contributed by atoms with van der Waals surface area (Å²) < 4.78 is 30.6. The lowest BCUT2D eigenvalue weighted by molar-refractivity contribution is -0.151. The molecule has 0 bridgehead atoms. The Kier molecular flexibility index (Phi) is 4.75. The summed E-state index contributed by atoms with van der Waals surface area (Å²) in [6.45, 7) is 3.30. The predicted molar refractivity (Wildman–Crippen MR) is 65.7 cm³/mol. The van der Waals surface area contributed by atoms with Gasteiger partial charge in [-0.2, -0.15) is 0 Å². The van der Waals surface area contributed by atoms with Gasteiger partial charge >= 0.3 is 5.97 Å². The minimum absolute atomic E-state index is 0.0188. The van der Waals surface area contributed by atoms with Gasteiger partial charge in [-0.05, 0) is 32.4 Å². The number of Topliss-reactive ketones (excluding diaryl/α,β-unsaturated/α-hetero) is 1. The summed E-state index contributed by atoms with van der Waals surface area (Å²) in [4.78, 5) is 23.3. The summed E-state index contributed by atoms with van der Waals surface area (Å²) in [5, 5.41) is 0. The van der Waals surface area contributed by atoms with Crippen LogP contribution in [0.25, 0.3) is 0 Å². The highest BCUT2D eigenvalue weighted by atomic mass is 19.1. The molecule has 3 nitrogen and oxygen atoms in total. The third-order valence-corrected chi connectivity index (χ3v) is 2.90. The third-order valence-electron chi connectivity index (χ3n) is 2.90. The molecule has 0 fully saturated rings. The van der Waals surface area contributed by atoms with Gasteiger partial charge in [-0.25, -0.2) is 8.78 Å². The Labute approximate surface area is 110 Å². The van der Waals surface area contributed by atoms with E-state index in [1.54, 1.807) is 13.8 Å². The van der Waals surface area contributed by atoms with Crippen LogP contribution in [0.5, 0.6) is 0 Å². The van der Waals surface area contributed by atoms with Gasteiger partial charge < -0.3 is 4.74 Å². The van der Waals surface area contributed by atoms with Crippen molar-refractivity contribution in [3.05, 3.63) is 35.4 Å². The summed E-state index contributed by atoms with van der Waals surface area (Å²) in [7, 11) is 1.27. The van der Waals surface area contributed by atoms with Crippen LogP contribution in [0.2, 0.25) is 0 Å². The quantitative estimate of drug-likeness (QED) is 0.610. The third kappa shape index (κ3) is 4.12. The number of carbonyl (C=O) groups is 2. The van der Waals surface area contributed by atoms with Gasteiger partial charge in [-0.1, -0.05) is 0 Å². The number of halogens is 2. The Morgan fingerprint density at radius 3 is 2.16 bits per heavy atom. The molecule has 0 saturated heterocycles. The van der Waals surface area contributed by atoms with E-state index in [1.807, 2.05) is 0 Å². The largest absolute Gasteiger partial charge is 0.469 e. The first-order valence-electron chi connectivity index (χ1n) is 5.84. The lowest BCUT2D eigenvalue weighted by Crippen LogP contribution is -2.26. The number of esters is 1. The average molecular weight is 270 g/mol. The summed E-state index contributed by atoms with van der Waals surface area (Å²) in [5.74, 6) is -2.42. The lowest BCUT2D eigenvalue weighted by atomic mass is 9.86. The average Bonchev–Trinajstić information content (AvgIpc) is 2.33. The monoisotopic (exact) mass is 270 g/mol. The van der Waals surface area contributed by atoms with Gasteiger partial charge in [0.2, 0.25) is 0 Å². The van der Waals surface area contributed by atoms with Crippen LogP contribution < -0.4 is 0 Å². The molecule has 0 atom stereocenters. The van der Waals surface area contributed by atoms with Crippen molar-refractivity contribution in [2.24, 2.45) is 5.41 Å². The zero-order chi connectivity index (χ0) is 14.6. The van der Waals surface area contributed by atoms with E-state index >= 15 is 0 Å². The van der Waals surface area contributed by atoms with E-state index in [-0.39, 0.29) is 18.4 Å². The molecule has 0 radical (unpaired) electrons. The first-order chi connectivity index (χ1) is 8.76. The maximum Gasteiger partial charge on any atom is 0.311 e. The Morgan fingerprint density at radius 2 is 1.68 bits per heavy atom. The predicted octanol–water partition coefficient (Wildman–Crippen LogP) is 3.13. The van der Waals surface area contributed by atoms with Crippen LogP contribution in [-0.2, 0) is 9.53 Å². The van der Waals surface area contributed by atoms with Crippen molar-refractivity contribution in [2.75, 3.05) is 7.11 Å². The molecular weight excluding hydrogens is 254 g/mol. The van der Waals surface area contributed by atoms with Crippen LogP contribution in [0.3, 0.4) is 0 Å². The Bertz CT molecular complexity index is 475. The molecule has 1 aromatic rings. The highest BCUT2D eigenvalue weighted by Gasteiger charge is 2.29. The van der Waals surface area contributed by atoms with Gasteiger partial charge in [0.15, 0.2) is 5.78 Å². The molecule has 0 aliphatic carbocycles. The number of ether oxygens (including phenoxy) is 1. The van der Waals surface area contributed by atoms with Gasteiger partial charge in [0.1, 0.15) is 11.6 Å². The normalized spacial score (nSPS) is 11.2. The van der Waals surface area contributed by atoms with Gasteiger partial charge in [0, 0.05) is 18.1 Å². The van der Waals surface area contributed by atoms with Crippen LogP contribution in [0.4, 0.5) is 8.78 Å². The number of carbonyl (C=O) groups excluding carboxylic acids is 2. The van der Waals surface area contributed by atoms with Crippen molar-refractivity contribution in [3.8, 4) is 0 Å². The van der Waals surface area contributed by atoms with E-state index in [1.165, 1.54) is 7.11 Å². The number of rotatable bonds is 5. The second-order valence-corrected chi connectivity index (χ2v) is 4.96. The first kappa shape index (κ1) is 15.3. The number of benzene rings is 1. The molecule has 5 heteroatoms. The topological polar surface area (TPSA) is 43.4 Å². The SMILES string of the molecule is COC(=O)C(C)(C)CCC(=O)c1cc(F)cc(F)c1. The zero-order valence-electron chi connectivity index (χ0n) is 11.1. The van der Waals surface area contributed by atoms with Crippen LogP contribution in [0.1, 0.15) is 37.0 Å². The minimum atomic E-state index is -0.809. The molecule has 0 amide bonds. The fraction of sp³-hybridized carbons (Fsp3) is 0.429. The molecule has 1 rings (SSSR count). The van der Waals surface area contributed by atoms with E-state index in [0.29, 0.717) is 6.07 Å². The highest BCUT2D eigenvalue weighted by molar-refractivity contribution is 5.96. The van der Waals surface area contributed by atoms with Gasteiger partial charge in [0.05, 0.1) is 12.5 Å². The van der Waals surface area contributed by atoms with Gasteiger partial charge in [-0.3, -0.25) is 9.59 Å². The second-order valence-electron chi connectivity index (χ2n) is 4.96. The number of methoxy groups -OCH3 is 1. The van der Waals surface area contributed by atoms with Crippen molar-refractivity contribution in [1.82, 2.24) is 0 Å². The van der Waals surface area contributed by atoms with Gasteiger partial charge in [0.25, 0.3) is 0 Å². The van der Waals surface area contributed by atoms with Crippen molar-refractivity contribution < 1.29 is 23.1 Å². The molecule has 1 aromatic carbocycles. The fourth-order valence-corrected chi connectivity index (χ4v) is 1.66. The van der Waals surface area contributed by atoms with Crippen LogP contribution >= 0.6 is 0 Å². The van der Waals surface area contributed by atoms with Crippen LogP contribution in [0.15, 0.2) is 18.2 Å². The summed E-state index contributed by atoms with van der Waals surface area (Å²) >= 11 is 0. The number of hydrogen-bond acceptors (Lipinski definition) is 3. The van der Waals surface area contributed by atoms with E-state index < -0.39 is 28.8 Å². The second kappa shape index (κ2) is 5.91. The summed E-state index contributed by atoms with van der Waals surface area (Å²) in [6, 6.07) is 2.67. The van der Waals surface area contributed by atoms with Crippen molar-refractivity contribution in [3.63, 3.8) is 0 Å². The molecule has 0 aliphatic heterocycles. The Morgan fingerprint density at radius 1 is 1.16 bits per heavy atom. The van der Waals surface area contributed by atoms with Crippen molar-refractivity contribution in [2.45, 2.75) is 26.7 Å². The van der Waals surface area contributed by atoms with E-state index in [2.05, 4.69) is 4.74 Å². The Balaban J connectivity index is 2.73. The molecule has 0 N–H and O–H groups in total. The molecule has 19 heavy (non-hydrogen) atoms. The van der Waals surface area contributed by atoms with E-state index in [9.17, 15) is 18.4 Å². The number of hydrogen-bond donors (Lipinski definition) is 0. The standard InChI is InChI=1S/C14H16F2O3/c1-14(2,13(18)19-3)5-4-12(17)9-6-10(15)8-11(16)7-9/h6-8H,4-5H2,1-3H3. The minimum Gasteiger partial charge on any atom is -0.469 e. The van der Waals surface area contributed by atoms with Crippen molar-refractivity contribution >= 4 is 11.8 Å². The lowest BCUT2D eigenvalue weighted by Gasteiger charge is -2.20. The van der Waals surface area contributed by atoms with Crippen molar-refractivity contribution in [1.29, 1.82) is 0 Å². The molecule has 0 aromatic heterocycles. The maximum absolute atomic E-state index is 13.0. The Hall–Kier alpha value is -1.78. The smallest absolute Gasteiger partial charge is 0.311 e. The molecular formula is C14H16F2O3. The highest BCUT2D eigenvalue weighted by Crippen LogP contribution is 2.25. The van der Waals surface area contributed by atoms with E-state index in [0.717, 1.165) is 12.1 Å². The molecule has 0 heterocycles. The molecule has 104 valence electrons.